The highest BCUT2D eigenvalue weighted by atomic mass is 35.5. The normalized spacial score (nSPS) is 21.2. The van der Waals surface area contributed by atoms with Crippen molar-refractivity contribution >= 4 is 23.1 Å². The second-order valence-corrected chi connectivity index (χ2v) is 8.75. The molecule has 0 saturated heterocycles. The number of nitrogens with one attached hydrogen (secondary N) is 1. The van der Waals surface area contributed by atoms with Crippen LogP contribution in [0.3, 0.4) is 0 Å². The van der Waals surface area contributed by atoms with Gasteiger partial charge < -0.3 is 10.1 Å². The zero-order valence-corrected chi connectivity index (χ0v) is 18.1. The molecule has 0 saturated carbocycles. The Hall–Kier alpha value is -3.04. The van der Waals surface area contributed by atoms with Gasteiger partial charge in [-0.1, -0.05) is 48.0 Å². The molecule has 1 aliphatic carbocycles. The smallest absolute Gasteiger partial charge is 0.159 e. The molecule has 0 aromatic heterocycles. The lowest BCUT2D eigenvalue weighted by atomic mass is 9.76. The van der Waals surface area contributed by atoms with Crippen molar-refractivity contribution in [3.05, 3.63) is 106 Å². The minimum absolute atomic E-state index is 0.109. The van der Waals surface area contributed by atoms with Crippen LogP contribution < -0.4 is 10.1 Å². The Morgan fingerprint density at radius 2 is 1.84 bits per heavy atom. The SMILES string of the molecule is CC(=O)c1ccc2c(c1)[C@@H]1C=CC[C@@H]1[C@H](c1ccc(OCc3ccc(Cl)cc3)cc1)N2. The van der Waals surface area contributed by atoms with Crippen molar-refractivity contribution in [2.75, 3.05) is 5.32 Å². The van der Waals surface area contributed by atoms with E-state index < -0.39 is 0 Å². The maximum Gasteiger partial charge on any atom is 0.159 e. The van der Waals surface area contributed by atoms with Gasteiger partial charge in [-0.25, -0.2) is 0 Å². The number of anilines is 1. The molecular formula is C27H24ClNO2. The van der Waals surface area contributed by atoms with Crippen molar-refractivity contribution in [1.29, 1.82) is 0 Å². The lowest BCUT2D eigenvalue weighted by Gasteiger charge is -2.37. The molecule has 0 unspecified atom stereocenters. The minimum Gasteiger partial charge on any atom is -0.489 e. The zero-order chi connectivity index (χ0) is 21.4. The highest BCUT2D eigenvalue weighted by Gasteiger charge is 2.38. The molecule has 3 aromatic carbocycles. The summed E-state index contributed by atoms with van der Waals surface area (Å²) < 4.78 is 5.94. The molecule has 3 atom stereocenters. The molecule has 0 radical (unpaired) electrons. The van der Waals surface area contributed by atoms with Crippen molar-refractivity contribution in [2.45, 2.75) is 31.9 Å². The summed E-state index contributed by atoms with van der Waals surface area (Å²) in [7, 11) is 0. The Kier molecular flexibility index (Phi) is 5.29. The average Bonchev–Trinajstić information content (AvgIpc) is 3.28. The Bertz CT molecular complexity index is 1130. The van der Waals surface area contributed by atoms with Crippen LogP contribution in [0.2, 0.25) is 5.02 Å². The van der Waals surface area contributed by atoms with E-state index in [0.717, 1.165) is 34.0 Å². The van der Waals surface area contributed by atoms with E-state index in [4.69, 9.17) is 16.3 Å². The van der Waals surface area contributed by atoms with Crippen molar-refractivity contribution in [2.24, 2.45) is 5.92 Å². The van der Waals surface area contributed by atoms with E-state index in [0.29, 0.717) is 18.4 Å². The highest BCUT2D eigenvalue weighted by Crippen LogP contribution is 2.50. The van der Waals surface area contributed by atoms with Gasteiger partial charge >= 0.3 is 0 Å². The number of ether oxygens (including phenoxy) is 1. The molecule has 0 fully saturated rings. The molecule has 3 aromatic rings. The molecule has 0 spiro atoms. The molecule has 0 bridgehead atoms. The van der Waals surface area contributed by atoms with Gasteiger partial charge in [-0.2, -0.15) is 0 Å². The van der Waals surface area contributed by atoms with E-state index in [9.17, 15) is 4.79 Å². The number of carbonyl (C=O) groups is 1. The standard InChI is InChI=1S/C27H24ClNO2/c1-17(30)20-9-14-26-25(15-20)23-3-2-4-24(23)27(29-26)19-7-12-22(13-8-19)31-16-18-5-10-21(28)11-6-18/h2-3,5-15,23-24,27,29H,4,16H2,1H3/t23-,24+,27+/m1/s1. The van der Waals surface area contributed by atoms with E-state index in [1.54, 1.807) is 6.92 Å². The quantitative estimate of drug-likeness (QED) is 0.352. The van der Waals surface area contributed by atoms with Crippen LogP contribution in [0.15, 0.2) is 78.9 Å². The molecule has 3 nitrogen and oxygen atoms in total. The number of carbonyl (C=O) groups excluding carboxylic acids is 1. The third kappa shape index (κ3) is 3.98. The average molecular weight is 430 g/mol. The summed E-state index contributed by atoms with van der Waals surface area (Å²) in [6.07, 6.45) is 5.59. The fraction of sp³-hybridized carbons (Fsp3) is 0.222. The maximum atomic E-state index is 11.8. The number of halogens is 1. The molecule has 2 aliphatic rings. The Morgan fingerprint density at radius 1 is 1.06 bits per heavy atom. The van der Waals surface area contributed by atoms with Gasteiger partial charge in [-0.15, -0.1) is 0 Å². The minimum atomic E-state index is 0.109. The van der Waals surface area contributed by atoms with E-state index in [1.165, 1.54) is 11.1 Å². The van der Waals surface area contributed by atoms with Crippen LogP contribution in [0.25, 0.3) is 0 Å². The first-order chi connectivity index (χ1) is 15.1. The van der Waals surface area contributed by atoms with E-state index >= 15 is 0 Å². The van der Waals surface area contributed by atoms with Gasteiger partial charge in [0.1, 0.15) is 12.4 Å². The number of Topliss-reactive ketones (excluding diaryl/α,β-unsaturated/α-hetero) is 1. The number of allylic oxidation sites excluding steroid dienone is 2. The summed E-state index contributed by atoms with van der Waals surface area (Å²) in [4.78, 5) is 11.8. The fourth-order valence-corrected chi connectivity index (χ4v) is 4.79. The fourth-order valence-electron chi connectivity index (χ4n) is 4.66. The van der Waals surface area contributed by atoms with Crippen LogP contribution in [0.5, 0.6) is 5.75 Å². The van der Waals surface area contributed by atoms with Crippen LogP contribution in [0, 0.1) is 5.92 Å². The number of hydrogen-bond acceptors (Lipinski definition) is 3. The van der Waals surface area contributed by atoms with Gasteiger partial charge in [0.25, 0.3) is 0 Å². The molecule has 31 heavy (non-hydrogen) atoms. The van der Waals surface area contributed by atoms with E-state index in [-0.39, 0.29) is 11.8 Å². The molecule has 1 N–H and O–H groups in total. The van der Waals surface area contributed by atoms with Gasteiger partial charge in [0.15, 0.2) is 5.78 Å². The Labute approximate surface area is 187 Å². The molecule has 4 heteroatoms. The first-order valence-corrected chi connectivity index (χ1v) is 11.0. The van der Waals surface area contributed by atoms with Crippen molar-refractivity contribution in [1.82, 2.24) is 0 Å². The Morgan fingerprint density at radius 3 is 2.58 bits per heavy atom. The molecule has 0 amide bonds. The largest absolute Gasteiger partial charge is 0.489 e. The summed E-state index contributed by atoms with van der Waals surface area (Å²) in [6.45, 7) is 2.14. The van der Waals surface area contributed by atoms with Crippen LogP contribution in [0.4, 0.5) is 5.69 Å². The van der Waals surface area contributed by atoms with Crippen LogP contribution in [0.1, 0.15) is 52.4 Å². The molecule has 1 heterocycles. The lowest BCUT2D eigenvalue weighted by molar-refractivity contribution is 0.101. The summed E-state index contributed by atoms with van der Waals surface area (Å²) in [5, 5.41) is 4.46. The number of rotatable bonds is 5. The van der Waals surface area contributed by atoms with Gasteiger partial charge in [0, 0.05) is 22.2 Å². The Balaban J connectivity index is 1.34. The monoisotopic (exact) mass is 429 g/mol. The maximum absolute atomic E-state index is 11.8. The van der Waals surface area contributed by atoms with Crippen LogP contribution >= 0.6 is 11.6 Å². The molecule has 1 aliphatic heterocycles. The summed E-state index contributed by atoms with van der Waals surface area (Å²) in [6, 6.07) is 22.3. The predicted octanol–water partition coefficient (Wildman–Crippen LogP) is 6.95. The van der Waals surface area contributed by atoms with Gasteiger partial charge in [0.05, 0.1) is 6.04 Å². The number of hydrogen-bond donors (Lipinski definition) is 1. The van der Waals surface area contributed by atoms with Crippen molar-refractivity contribution in [3.63, 3.8) is 0 Å². The highest BCUT2D eigenvalue weighted by molar-refractivity contribution is 6.30. The third-order valence-electron chi connectivity index (χ3n) is 6.33. The first-order valence-electron chi connectivity index (χ1n) is 10.6. The number of ketones is 1. The lowest BCUT2D eigenvalue weighted by Crippen LogP contribution is -2.29. The number of benzene rings is 3. The molecule has 156 valence electrons. The van der Waals surface area contributed by atoms with Gasteiger partial charge in [-0.3, -0.25) is 4.79 Å². The first kappa shape index (κ1) is 19.9. The van der Waals surface area contributed by atoms with Crippen molar-refractivity contribution < 1.29 is 9.53 Å². The van der Waals surface area contributed by atoms with Gasteiger partial charge in [-0.05, 0) is 78.4 Å². The second-order valence-electron chi connectivity index (χ2n) is 8.32. The zero-order valence-electron chi connectivity index (χ0n) is 17.3. The van der Waals surface area contributed by atoms with Crippen molar-refractivity contribution in [3.8, 4) is 5.75 Å². The van der Waals surface area contributed by atoms with Crippen LogP contribution in [-0.4, -0.2) is 5.78 Å². The van der Waals surface area contributed by atoms with E-state index in [1.807, 2.05) is 48.5 Å². The van der Waals surface area contributed by atoms with Crippen LogP contribution in [-0.2, 0) is 6.61 Å². The second kappa shape index (κ2) is 8.24. The van der Waals surface area contributed by atoms with Gasteiger partial charge in [0.2, 0.25) is 0 Å². The summed E-state index contributed by atoms with van der Waals surface area (Å²) >= 11 is 5.95. The third-order valence-corrected chi connectivity index (χ3v) is 6.58. The molecular weight excluding hydrogens is 406 g/mol. The molecule has 5 rings (SSSR count). The summed E-state index contributed by atoms with van der Waals surface area (Å²) in [5.74, 6) is 1.73. The number of fused-ring (bicyclic) bond motifs is 3. The topological polar surface area (TPSA) is 38.3 Å². The predicted molar refractivity (Wildman–Crippen MR) is 125 cm³/mol. The summed E-state index contributed by atoms with van der Waals surface area (Å²) in [5.41, 5.74) is 5.46. The van der Waals surface area contributed by atoms with E-state index in [2.05, 4.69) is 35.7 Å².